The second-order valence-electron chi connectivity index (χ2n) is 5.56. The fraction of sp³-hybridized carbons (Fsp3) is 0.333. The van der Waals surface area contributed by atoms with Crippen molar-refractivity contribution in [2.45, 2.75) is 19.4 Å². The smallest absolute Gasteiger partial charge is 0.321 e. The molecule has 2 aromatic heterocycles. The van der Waals surface area contributed by atoms with Gasteiger partial charge in [-0.1, -0.05) is 0 Å². The van der Waals surface area contributed by atoms with Crippen LogP contribution in [0.5, 0.6) is 0 Å². The highest BCUT2D eigenvalue weighted by atomic mass is 19.1. The molecule has 0 bridgehead atoms. The van der Waals surface area contributed by atoms with E-state index in [2.05, 4.69) is 20.7 Å². The van der Waals surface area contributed by atoms with Crippen LogP contribution in [-0.2, 0) is 11.8 Å². The summed E-state index contributed by atoms with van der Waals surface area (Å²) in [6.45, 7) is 2.35. The average Bonchev–Trinajstić information content (AvgIpc) is 3.04. The van der Waals surface area contributed by atoms with Gasteiger partial charge in [-0.3, -0.25) is 19.7 Å². The number of aryl methyl sites for hydroxylation is 2. The third-order valence-electron chi connectivity index (χ3n) is 3.73. The van der Waals surface area contributed by atoms with Crippen LogP contribution in [0.4, 0.5) is 20.8 Å². The van der Waals surface area contributed by atoms with Crippen molar-refractivity contribution in [3.63, 3.8) is 0 Å². The van der Waals surface area contributed by atoms with Crippen molar-refractivity contribution in [1.29, 1.82) is 0 Å². The minimum atomic E-state index is -0.624. The predicted molar refractivity (Wildman–Crippen MR) is 85.1 cm³/mol. The molecule has 0 saturated carbocycles. The van der Waals surface area contributed by atoms with E-state index in [-0.39, 0.29) is 11.7 Å². The Kier molecular flexibility index (Phi) is 4.15. The fourth-order valence-corrected chi connectivity index (χ4v) is 2.65. The zero-order valence-corrected chi connectivity index (χ0v) is 13.3. The fourth-order valence-electron chi connectivity index (χ4n) is 2.65. The minimum absolute atomic E-state index is 0.194. The largest absolute Gasteiger partial charge is 0.326 e. The highest BCUT2D eigenvalue weighted by Gasteiger charge is 2.35. The van der Waals surface area contributed by atoms with E-state index in [1.165, 1.54) is 12.1 Å². The zero-order chi connectivity index (χ0) is 17.3. The molecule has 3 amide bonds. The molecule has 1 aliphatic rings. The quantitative estimate of drug-likeness (QED) is 0.883. The van der Waals surface area contributed by atoms with Gasteiger partial charge in [-0.05, 0) is 25.5 Å². The number of hydrogen-bond donors (Lipinski definition) is 2. The second-order valence-corrected chi connectivity index (χ2v) is 5.56. The minimum Gasteiger partial charge on any atom is -0.326 e. The monoisotopic (exact) mass is 332 g/mol. The molecule has 1 aliphatic heterocycles. The lowest BCUT2D eigenvalue weighted by atomic mass is 10.2. The molecule has 2 N–H and O–H groups in total. The number of anilines is 2. The Morgan fingerprint density at radius 2 is 2.21 bits per heavy atom. The first-order valence-electron chi connectivity index (χ1n) is 7.45. The van der Waals surface area contributed by atoms with Gasteiger partial charge in [0.15, 0.2) is 0 Å². The molecule has 0 radical (unpaired) electrons. The van der Waals surface area contributed by atoms with Gasteiger partial charge in [0.1, 0.15) is 23.5 Å². The molecule has 0 aromatic carbocycles. The van der Waals surface area contributed by atoms with Crippen molar-refractivity contribution < 1.29 is 14.0 Å². The first-order chi connectivity index (χ1) is 11.4. The SMILES string of the molecule is Cc1cc(N2CCC(NC(=O)Nc3ccc(F)cn3)C2=O)n(C)n1. The number of carbonyl (C=O) groups is 2. The standard InChI is InChI=1S/C15H17FN6O2/c1-9-7-13(21(2)20-9)22-6-5-11(14(22)23)18-15(24)19-12-4-3-10(16)8-17-12/h3-4,7-8,11H,5-6H2,1-2H3,(H2,17,18,19,24). The maximum atomic E-state index is 12.8. The van der Waals surface area contributed by atoms with Crippen LogP contribution in [0.1, 0.15) is 12.1 Å². The summed E-state index contributed by atoms with van der Waals surface area (Å²) in [6.07, 6.45) is 1.50. The summed E-state index contributed by atoms with van der Waals surface area (Å²) < 4.78 is 14.4. The lowest BCUT2D eigenvalue weighted by molar-refractivity contribution is -0.118. The molecule has 1 saturated heterocycles. The number of carbonyl (C=O) groups excluding carboxylic acids is 2. The van der Waals surface area contributed by atoms with Gasteiger partial charge in [-0.2, -0.15) is 5.10 Å². The molecule has 8 nitrogen and oxygen atoms in total. The van der Waals surface area contributed by atoms with Crippen molar-refractivity contribution in [2.75, 3.05) is 16.8 Å². The number of halogens is 1. The van der Waals surface area contributed by atoms with Crippen LogP contribution in [0.15, 0.2) is 24.4 Å². The average molecular weight is 332 g/mol. The van der Waals surface area contributed by atoms with Crippen LogP contribution in [0.3, 0.4) is 0 Å². The number of urea groups is 1. The molecule has 1 atom stereocenters. The Labute approximate surface area is 137 Å². The summed E-state index contributed by atoms with van der Waals surface area (Å²) in [6, 6.07) is 3.17. The Balaban J connectivity index is 1.62. The van der Waals surface area contributed by atoms with E-state index in [0.717, 1.165) is 11.9 Å². The van der Waals surface area contributed by atoms with Gasteiger partial charge in [0, 0.05) is 19.7 Å². The van der Waals surface area contributed by atoms with E-state index >= 15 is 0 Å². The van der Waals surface area contributed by atoms with Crippen molar-refractivity contribution >= 4 is 23.6 Å². The maximum Gasteiger partial charge on any atom is 0.321 e. The Morgan fingerprint density at radius 1 is 1.42 bits per heavy atom. The third-order valence-corrected chi connectivity index (χ3v) is 3.73. The lowest BCUT2D eigenvalue weighted by Gasteiger charge is -2.17. The van der Waals surface area contributed by atoms with Gasteiger partial charge in [-0.25, -0.2) is 14.2 Å². The number of rotatable bonds is 3. The van der Waals surface area contributed by atoms with Crippen LogP contribution in [0.25, 0.3) is 0 Å². The maximum absolute atomic E-state index is 12.8. The summed E-state index contributed by atoms with van der Waals surface area (Å²) in [5.74, 6) is 0.218. The van der Waals surface area contributed by atoms with Crippen LogP contribution in [0.2, 0.25) is 0 Å². The number of aromatic nitrogens is 3. The Morgan fingerprint density at radius 3 is 2.83 bits per heavy atom. The summed E-state index contributed by atoms with van der Waals surface area (Å²) in [4.78, 5) is 29.8. The molecule has 2 aromatic rings. The van der Waals surface area contributed by atoms with Crippen LogP contribution >= 0.6 is 0 Å². The normalized spacial score (nSPS) is 17.2. The van der Waals surface area contributed by atoms with Crippen molar-refractivity contribution in [1.82, 2.24) is 20.1 Å². The van der Waals surface area contributed by atoms with E-state index in [1.54, 1.807) is 16.6 Å². The van der Waals surface area contributed by atoms with Gasteiger partial charge in [0.05, 0.1) is 11.9 Å². The summed E-state index contributed by atoms with van der Waals surface area (Å²) in [7, 11) is 1.77. The van der Waals surface area contributed by atoms with Crippen molar-refractivity contribution in [3.8, 4) is 0 Å². The zero-order valence-electron chi connectivity index (χ0n) is 13.3. The molecular formula is C15H17FN6O2. The lowest BCUT2D eigenvalue weighted by Crippen LogP contribution is -2.43. The number of nitrogens with zero attached hydrogens (tertiary/aromatic N) is 4. The summed E-state index contributed by atoms with van der Waals surface area (Å²) >= 11 is 0. The number of nitrogens with one attached hydrogen (secondary N) is 2. The van der Waals surface area contributed by atoms with Crippen LogP contribution < -0.4 is 15.5 Å². The van der Waals surface area contributed by atoms with E-state index in [4.69, 9.17) is 0 Å². The van der Waals surface area contributed by atoms with E-state index in [0.29, 0.717) is 18.8 Å². The third kappa shape index (κ3) is 3.19. The topological polar surface area (TPSA) is 92.2 Å². The van der Waals surface area contributed by atoms with Crippen molar-refractivity contribution in [2.24, 2.45) is 7.05 Å². The van der Waals surface area contributed by atoms with Crippen LogP contribution in [0, 0.1) is 12.7 Å². The molecule has 0 spiro atoms. The molecule has 3 rings (SSSR count). The van der Waals surface area contributed by atoms with Gasteiger partial charge < -0.3 is 5.32 Å². The van der Waals surface area contributed by atoms with E-state index < -0.39 is 17.9 Å². The number of amides is 3. The first-order valence-corrected chi connectivity index (χ1v) is 7.45. The summed E-state index contributed by atoms with van der Waals surface area (Å²) in [5, 5.41) is 9.31. The number of pyridine rings is 1. The molecular weight excluding hydrogens is 315 g/mol. The molecule has 3 heterocycles. The van der Waals surface area contributed by atoms with E-state index in [9.17, 15) is 14.0 Å². The highest BCUT2D eigenvalue weighted by molar-refractivity contribution is 6.02. The second kappa shape index (κ2) is 6.26. The molecule has 24 heavy (non-hydrogen) atoms. The molecule has 9 heteroatoms. The van der Waals surface area contributed by atoms with Crippen molar-refractivity contribution in [3.05, 3.63) is 35.9 Å². The highest BCUT2D eigenvalue weighted by Crippen LogP contribution is 2.22. The van der Waals surface area contributed by atoms with Gasteiger partial charge in [0.25, 0.3) is 5.91 Å². The van der Waals surface area contributed by atoms with Gasteiger partial charge >= 0.3 is 6.03 Å². The number of hydrogen-bond acceptors (Lipinski definition) is 4. The molecule has 0 aliphatic carbocycles. The predicted octanol–water partition coefficient (Wildman–Crippen LogP) is 1.19. The van der Waals surface area contributed by atoms with E-state index in [1.807, 2.05) is 13.0 Å². The van der Waals surface area contributed by atoms with Gasteiger partial charge in [0.2, 0.25) is 0 Å². The molecule has 1 unspecified atom stereocenters. The molecule has 1 fully saturated rings. The van der Waals surface area contributed by atoms with Crippen LogP contribution in [-0.4, -0.2) is 39.3 Å². The summed E-state index contributed by atoms with van der Waals surface area (Å²) in [5.41, 5.74) is 0.817. The Hall–Kier alpha value is -2.97. The Bertz CT molecular complexity index is 773. The van der Waals surface area contributed by atoms with Gasteiger partial charge in [-0.15, -0.1) is 0 Å². The molecule has 126 valence electrons. The first kappa shape index (κ1) is 15.9.